The summed E-state index contributed by atoms with van der Waals surface area (Å²) in [7, 11) is 3.79. The zero-order valence-corrected chi connectivity index (χ0v) is 8.18. The molecule has 1 N–H and O–H groups in total. The second-order valence-electron chi connectivity index (χ2n) is 2.60. The van der Waals surface area contributed by atoms with Gasteiger partial charge in [-0.1, -0.05) is 13.8 Å². The molecule has 1 fully saturated rings. The molecule has 2 heteroatoms. The molecule has 0 aromatic carbocycles. The minimum absolute atomic E-state index is 0.468. The highest BCUT2D eigenvalue weighted by Crippen LogP contribution is 2.20. The van der Waals surface area contributed by atoms with Crippen molar-refractivity contribution in [1.29, 1.82) is 0 Å². The van der Waals surface area contributed by atoms with Gasteiger partial charge in [0.05, 0.1) is 6.10 Å². The average Bonchev–Trinajstić information content (AvgIpc) is 2.54. The molecule has 1 saturated carbocycles. The Morgan fingerprint density at radius 1 is 1.27 bits per heavy atom. The van der Waals surface area contributed by atoms with Crippen LogP contribution < -0.4 is 5.32 Å². The van der Waals surface area contributed by atoms with Crippen molar-refractivity contribution < 1.29 is 4.74 Å². The third-order valence-electron chi connectivity index (χ3n) is 2.13. The first-order valence-corrected chi connectivity index (χ1v) is 4.58. The summed E-state index contributed by atoms with van der Waals surface area (Å²) in [4.78, 5) is 0. The van der Waals surface area contributed by atoms with Gasteiger partial charge in [0.1, 0.15) is 0 Å². The van der Waals surface area contributed by atoms with Crippen molar-refractivity contribution in [3.63, 3.8) is 0 Å². The highest BCUT2D eigenvalue weighted by molar-refractivity contribution is 4.82. The molecule has 1 aliphatic rings. The van der Waals surface area contributed by atoms with Gasteiger partial charge in [-0.15, -0.1) is 0 Å². The van der Waals surface area contributed by atoms with E-state index >= 15 is 0 Å². The van der Waals surface area contributed by atoms with Crippen molar-refractivity contribution in [3.8, 4) is 0 Å². The van der Waals surface area contributed by atoms with Gasteiger partial charge < -0.3 is 10.1 Å². The fourth-order valence-corrected chi connectivity index (χ4v) is 1.54. The maximum Gasteiger partial charge on any atom is 0.0724 e. The van der Waals surface area contributed by atoms with E-state index in [0.29, 0.717) is 12.1 Å². The molecule has 0 heterocycles. The number of methoxy groups -OCH3 is 1. The van der Waals surface area contributed by atoms with Gasteiger partial charge >= 0.3 is 0 Å². The standard InChI is InChI=1S/C7H15NO.C2H6/c1-8-6-4-3-5-7(6)9-2;1-2/h6-8H,3-5H2,1-2H3;1-2H3. The third kappa shape index (κ3) is 3.21. The number of likely N-dealkylation sites (N-methyl/N-ethyl adjacent to an activating group) is 1. The lowest BCUT2D eigenvalue weighted by molar-refractivity contribution is 0.0876. The predicted octanol–water partition coefficient (Wildman–Crippen LogP) is 1.80. The fourth-order valence-electron chi connectivity index (χ4n) is 1.54. The van der Waals surface area contributed by atoms with Gasteiger partial charge in [-0.3, -0.25) is 0 Å². The van der Waals surface area contributed by atoms with Crippen LogP contribution in [0.2, 0.25) is 0 Å². The number of nitrogens with one attached hydrogen (secondary N) is 1. The summed E-state index contributed by atoms with van der Waals surface area (Å²) in [5, 5.41) is 3.24. The van der Waals surface area contributed by atoms with Crippen LogP contribution in [0.5, 0.6) is 0 Å². The van der Waals surface area contributed by atoms with Crippen molar-refractivity contribution in [2.45, 2.75) is 45.3 Å². The molecule has 0 amide bonds. The first kappa shape index (κ1) is 10.9. The topological polar surface area (TPSA) is 21.3 Å². The zero-order chi connectivity index (χ0) is 8.69. The zero-order valence-electron chi connectivity index (χ0n) is 8.18. The molecule has 2 unspecified atom stereocenters. The SMILES string of the molecule is CC.CNC1CCCC1OC. The first-order valence-electron chi connectivity index (χ1n) is 4.58. The predicted molar refractivity (Wildman–Crippen MR) is 48.8 cm³/mol. The summed E-state index contributed by atoms with van der Waals surface area (Å²) < 4.78 is 5.25. The smallest absolute Gasteiger partial charge is 0.0724 e. The van der Waals surface area contributed by atoms with Gasteiger partial charge in [-0.25, -0.2) is 0 Å². The van der Waals surface area contributed by atoms with Crippen LogP contribution in [0.3, 0.4) is 0 Å². The molecular weight excluding hydrogens is 138 g/mol. The van der Waals surface area contributed by atoms with Crippen molar-refractivity contribution in [2.75, 3.05) is 14.2 Å². The molecule has 68 valence electrons. The van der Waals surface area contributed by atoms with Gasteiger partial charge in [-0.2, -0.15) is 0 Å². The highest BCUT2D eigenvalue weighted by atomic mass is 16.5. The summed E-state index contributed by atoms with van der Waals surface area (Å²) in [6.45, 7) is 4.00. The molecule has 0 bridgehead atoms. The Morgan fingerprint density at radius 3 is 2.27 bits per heavy atom. The molecule has 1 rings (SSSR count). The average molecular weight is 159 g/mol. The lowest BCUT2D eigenvalue weighted by atomic mass is 10.2. The van der Waals surface area contributed by atoms with E-state index in [1.807, 2.05) is 20.9 Å². The molecule has 11 heavy (non-hydrogen) atoms. The summed E-state index contributed by atoms with van der Waals surface area (Å²) >= 11 is 0. The maximum atomic E-state index is 5.25. The van der Waals surface area contributed by atoms with Crippen molar-refractivity contribution in [1.82, 2.24) is 5.32 Å². The molecule has 1 aliphatic carbocycles. The molecule has 0 aromatic rings. The van der Waals surface area contributed by atoms with Gasteiger partial charge in [0.15, 0.2) is 0 Å². The second kappa shape index (κ2) is 6.62. The number of ether oxygens (including phenoxy) is 1. The molecule has 2 nitrogen and oxygen atoms in total. The van der Waals surface area contributed by atoms with Crippen LogP contribution in [0.1, 0.15) is 33.1 Å². The fraction of sp³-hybridized carbons (Fsp3) is 1.00. The molecular formula is C9H21NO. The third-order valence-corrected chi connectivity index (χ3v) is 2.13. The van der Waals surface area contributed by atoms with Crippen molar-refractivity contribution in [3.05, 3.63) is 0 Å². The van der Waals surface area contributed by atoms with Crippen molar-refractivity contribution in [2.24, 2.45) is 0 Å². The van der Waals surface area contributed by atoms with Crippen LogP contribution in [0, 0.1) is 0 Å². The Balaban J connectivity index is 0.000000461. The first-order chi connectivity index (χ1) is 5.38. The Morgan fingerprint density at radius 2 is 1.91 bits per heavy atom. The molecule has 2 atom stereocenters. The Hall–Kier alpha value is -0.0800. The minimum atomic E-state index is 0.468. The van der Waals surface area contributed by atoms with Gasteiger partial charge in [0, 0.05) is 13.2 Å². The lowest BCUT2D eigenvalue weighted by Gasteiger charge is -2.16. The van der Waals surface area contributed by atoms with Crippen molar-refractivity contribution >= 4 is 0 Å². The van der Waals surface area contributed by atoms with E-state index in [1.165, 1.54) is 19.3 Å². The molecule has 0 radical (unpaired) electrons. The second-order valence-corrected chi connectivity index (χ2v) is 2.60. The van der Waals surface area contributed by atoms with Crippen LogP contribution in [0.4, 0.5) is 0 Å². The van der Waals surface area contributed by atoms with E-state index in [2.05, 4.69) is 5.32 Å². The van der Waals surface area contributed by atoms with Crippen LogP contribution in [0.15, 0.2) is 0 Å². The van der Waals surface area contributed by atoms with Gasteiger partial charge in [-0.05, 0) is 26.3 Å². The number of rotatable bonds is 2. The van der Waals surface area contributed by atoms with E-state index in [1.54, 1.807) is 7.11 Å². The lowest BCUT2D eigenvalue weighted by Crippen LogP contribution is -2.33. The summed E-state index contributed by atoms with van der Waals surface area (Å²) in [5.41, 5.74) is 0. The van der Waals surface area contributed by atoms with Crippen LogP contribution >= 0.6 is 0 Å². The van der Waals surface area contributed by atoms with E-state index in [9.17, 15) is 0 Å². The van der Waals surface area contributed by atoms with E-state index in [0.717, 1.165) is 0 Å². The minimum Gasteiger partial charge on any atom is -0.380 e. The largest absolute Gasteiger partial charge is 0.380 e. The Bertz CT molecular complexity index is 75.6. The molecule has 0 saturated heterocycles. The van der Waals surface area contributed by atoms with E-state index in [-0.39, 0.29) is 0 Å². The Labute approximate surface area is 70.3 Å². The molecule has 0 aromatic heterocycles. The summed E-state index contributed by atoms with van der Waals surface area (Å²) in [6, 6.07) is 0.606. The number of hydrogen-bond donors (Lipinski definition) is 1. The molecule has 0 spiro atoms. The highest BCUT2D eigenvalue weighted by Gasteiger charge is 2.24. The molecule has 0 aliphatic heterocycles. The monoisotopic (exact) mass is 159 g/mol. The van der Waals surface area contributed by atoms with E-state index < -0.39 is 0 Å². The Kier molecular flexibility index (Phi) is 6.57. The van der Waals surface area contributed by atoms with Crippen LogP contribution in [-0.4, -0.2) is 26.3 Å². The van der Waals surface area contributed by atoms with Crippen LogP contribution in [0.25, 0.3) is 0 Å². The van der Waals surface area contributed by atoms with Crippen LogP contribution in [-0.2, 0) is 4.74 Å². The van der Waals surface area contributed by atoms with E-state index in [4.69, 9.17) is 4.74 Å². The quantitative estimate of drug-likeness (QED) is 0.663. The maximum absolute atomic E-state index is 5.25. The van der Waals surface area contributed by atoms with Gasteiger partial charge in [0.2, 0.25) is 0 Å². The summed E-state index contributed by atoms with van der Waals surface area (Å²) in [5.74, 6) is 0. The van der Waals surface area contributed by atoms with Gasteiger partial charge in [0.25, 0.3) is 0 Å². The normalized spacial score (nSPS) is 29.5. The number of hydrogen-bond acceptors (Lipinski definition) is 2. The summed E-state index contributed by atoms with van der Waals surface area (Å²) in [6.07, 6.45) is 4.27.